The smallest absolute Gasteiger partial charge is 0.245 e. The molecular formula is C45H69FN12O13. The topological polar surface area (TPSA) is 395 Å². The molecule has 2 heterocycles. The van der Waals surface area contributed by atoms with E-state index in [4.69, 9.17) is 21.9 Å². The first-order valence-electron chi connectivity index (χ1n) is 23.3. The average molecular weight is 1010 g/mol. The molecule has 71 heavy (non-hydrogen) atoms. The van der Waals surface area contributed by atoms with Gasteiger partial charge >= 0.3 is 0 Å². The van der Waals surface area contributed by atoms with Crippen LogP contribution in [0.2, 0.25) is 0 Å². The molecule has 0 radical (unpaired) electrons. The largest absolute Gasteiger partial charge is 0.508 e. The number of carbonyl (C=O) groups excluding carboxylic acids is 11. The summed E-state index contributed by atoms with van der Waals surface area (Å²) >= 11 is 0. The standard InChI is InChI=1S/C45H69FN12O13/c1-6-23(4)38-43(69)53-27(11-13-33(47)60)40(66)55-31(18-34(48)61)41(67)54-28(12-14-36(63)50-20-37(64)52-30(42(68)57-38)16-24-7-9-26(59)10-8-24)45(70)58-21-25(46)17-32(58)44(71-5)56-29(15-22(2)3)39(65)51-19-35(49)62/h7-10,22-23,25,27-32,38,44,56,59H,6,11-21H2,1-5H3,(H2,47,60)(H2,48,61)(H2,49,62)(H,50,63)(H,51,65)(H,52,64)(H,53,69)(H,54,67)(H,55,66)(H,57,68)/t23-,25+,27-,28-,29?,30-,31-,32-,38-,44?/m0/s1. The van der Waals surface area contributed by atoms with Crippen molar-refractivity contribution in [2.24, 2.45) is 29.0 Å². The normalized spacial score (nSPS) is 24.4. The fraction of sp³-hybridized carbons (Fsp3) is 0.622. The molecule has 11 amide bonds. The van der Waals surface area contributed by atoms with Crippen LogP contribution >= 0.6 is 0 Å². The van der Waals surface area contributed by atoms with E-state index in [1.165, 1.54) is 31.4 Å². The molecule has 0 aliphatic carbocycles. The van der Waals surface area contributed by atoms with Crippen LogP contribution in [0, 0.1) is 11.8 Å². The molecule has 0 saturated carbocycles. The molecule has 25 nitrogen and oxygen atoms in total. The number of rotatable bonds is 19. The van der Waals surface area contributed by atoms with Gasteiger partial charge in [-0.25, -0.2) is 4.39 Å². The molecule has 2 unspecified atom stereocenters. The predicted molar refractivity (Wildman–Crippen MR) is 250 cm³/mol. The molecule has 2 aliphatic rings. The van der Waals surface area contributed by atoms with E-state index in [9.17, 15) is 57.8 Å². The number of aromatic hydroxyl groups is 1. The second-order valence-electron chi connectivity index (χ2n) is 18.1. The van der Waals surface area contributed by atoms with Crippen molar-refractivity contribution in [2.75, 3.05) is 26.7 Å². The van der Waals surface area contributed by atoms with E-state index >= 15 is 4.39 Å². The molecule has 0 aromatic heterocycles. The van der Waals surface area contributed by atoms with Gasteiger partial charge in [-0.2, -0.15) is 0 Å². The van der Waals surface area contributed by atoms with Crippen LogP contribution in [0.3, 0.4) is 0 Å². The number of carbonyl (C=O) groups is 11. The molecule has 0 spiro atoms. The number of hydrogen-bond donors (Lipinski definition) is 12. The highest BCUT2D eigenvalue weighted by Crippen LogP contribution is 2.26. The molecule has 10 atom stereocenters. The molecule has 2 fully saturated rings. The van der Waals surface area contributed by atoms with Gasteiger partial charge in [-0.05, 0) is 48.8 Å². The van der Waals surface area contributed by atoms with Crippen LogP contribution in [0.4, 0.5) is 4.39 Å². The number of halogens is 1. The van der Waals surface area contributed by atoms with E-state index in [0.717, 1.165) is 4.90 Å². The van der Waals surface area contributed by atoms with Gasteiger partial charge in [-0.15, -0.1) is 0 Å². The highest BCUT2D eigenvalue weighted by Gasteiger charge is 2.44. The molecule has 1 aromatic rings. The molecule has 394 valence electrons. The zero-order valence-electron chi connectivity index (χ0n) is 40.5. The van der Waals surface area contributed by atoms with E-state index in [1.54, 1.807) is 13.8 Å². The summed E-state index contributed by atoms with van der Waals surface area (Å²) in [6.07, 6.45) is -5.74. The Balaban J connectivity index is 2.10. The average Bonchev–Trinajstić information content (AvgIpc) is 3.70. The SMILES string of the molecule is CC[C@H](C)[C@@H]1NC(=O)[C@H](Cc2ccc(O)cc2)NC(=O)CNC(=O)CC[C@@H](C(=O)N2C[C@H](F)C[C@H]2C(NC(CC(C)C)C(=O)NCC(N)=O)OC)NC(=O)[C@H](CC(N)=O)NC(=O)[C@H](CCC(N)=O)NC1=O. The number of methoxy groups -OCH3 is 1. The predicted octanol–water partition coefficient (Wildman–Crippen LogP) is -4.03. The Morgan fingerprint density at radius 3 is 2.06 bits per heavy atom. The number of hydrogen-bond acceptors (Lipinski definition) is 14. The van der Waals surface area contributed by atoms with Gasteiger partial charge in [0.25, 0.3) is 0 Å². The number of ether oxygens (including phenoxy) is 1. The summed E-state index contributed by atoms with van der Waals surface area (Å²) in [5.41, 5.74) is 16.6. The van der Waals surface area contributed by atoms with Crippen LogP contribution in [0.25, 0.3) is 0 Å². The van der Waals surface area contributed by atoms with Crippen LogP contribution in [-0.4, -0.2) is 156 Å². The maximum atomic E-state index is 15.5. The summed E-state index contributed by atoms with van der Waals surface area (Å²) in [4.78, 5) is 148. The fourth-order valence-electron chi connectivity index (χ4n) is 7.96. The van der Waals surface area contributed by atoms with Crippen molar-refractivity contribution in [3.8, 4) is 5.75 Å². The van der Waals surface area contributed by atoms with E-state index in [1.807, 2.05) is 13.8 Å². The summed E-state index contributed by atoms with van der Waals surface area (Å²) in [5, 5.41) is 30.1. The summed E-state index contributed by atoms with van der Waals surface area (Å²) in [6, 6.07) is -4.43. The summed E-state index contributed by atoms with van der Waals surface area (Å²) in [7, 11) is 1.24. The Hall–Kier alpha value is -6.96. The Bertz CT molecular complexity index is 2100. The monoisotopic (exact) mass is 1000 g/mol. The molecule has 0 bridgehead atoms. The van der Waals surface area contributed by atoms with Gasteiger partial charge in [0, 0.05) is 32.8 Å². The van der Waals surface area contributed by atoms with Crippen molar-refractivity contribution in [2.45, 2.75) is 140 Å². The summed E-state index contributed by atoms with van der Waals surface area (Å²) in [5.74, 6) is -11.0. The molecule has 2 saturated heterocycles. The third-order valence-corrected chi connectivity index (χ3v) is 11.9. The van der Waals surface area contributed by atoms with E-state index in [0.29, 0.717) is 12.0 Å². The number of phenols is 1. The Labute approximate surface area is 410 Å². The van der Waals surface area contributed by atoms with Crippen molar-refractivity contribution in [1.29, 1.82) is 0 Å². The fourth-order valence-corrected chi connectivity index (χ4v) is 7.96. The number of amides is 11. The Kier molecular flexibility index (Phi) is 23.0. The zero-order chi connectivity index (χ0) is 53.1. The first-order valence-corrected chi connectivity index (χ1v) is 23.3. The number of alkyl halides is 1. The number of benzene rings is 1. The van der Waals surface area contributed by atoms with Crippen LogP contribution in [-0.2, 0) is 63.9 Å². The number of nitrogens with one attached hydrogen (secondary N) is 8. The van der Waals surface area contributed by atoms with Gasteiger partial charge < -0.3 is 69.2 Å². The Morgan fingerprint density at radius 2 is 1.46 bits per heavy atom. The second-order valence-corrected chi connectivity index (χ2v) is 18.1. The van der Waals surface area contributed by atoms with Gasteiger partial charge in [0.05, 0.1) is 38.1 Å². The second kappa shape index (κ2) is 28.0. The lowest BCUT2D eigenvalue weighted by molar-refractivity contribution is -0.142. The lowest BCUT2D eigenvalue weighted by Crippen LogP contribution is -2.62. The van der Waals surface area contributed by atoms with Gasteiger partial charge in [0.2, 0.25) is 65.0 Å². The van der Waals surface area contributed by atoms with Gasteiger partial charge in [-0.3, -0.25) is 58.1 Å². The lowest BCUT2D eigenvalue weighted by Gasteiger charge is -2.35. The van der Waals surface area contributed by atoms with Crippen molar-refractivity contribution >= 4 is 65.0 Å². The molecule has 26 heteroatoms. The number of nitrogens with two attached hydrogens (primary N) is 3. The van der Waals surface area contributed by atoms with Crippen LogP contribution in [0.15, 0.2) is 24.3 Å². The van der Waals surface area contributed by atoms with Crippen molar-refractivity contribution < 1.29 is 67.0 Å². The quantitative estimate of drug-likeness (QED) is 0.0588. The van der Waals surface area contributed by atoms with Crippen molar-refractivity contribution in [1.82, 2.24) is 47.4 Å². The molecular weight excluding hydrogens is 936 g/mol. The van der Waals surface area contributed by atoms with Crippen molar-refractivity contribution in [3.05, 3.63) is 29.8 Å². The van der Waals surface area contributed by atoms with Gasteiger partial charge in [-0.1, -0.05) is 46.2 Å². The molecule has 3 rings (SSSR count). The maximum Gasteiger partial charge on any atom is 0.245 e. The summed E-state index contributed by atoms with van der Waals surface area (Å²) in [6.45, 7) is 5.24. The maximum absolute atomic E-state index is 15.5. The lowest BCUT2D eigenvalue weighted by atomic mass is 9.96. The molecule has 15 N–H and O–H groups in total. The number of likely N-dealkylation sites (tertiary alicyclic amines) is 1. The van der Waals surface area contributed by atoms with E-state index in [-0.39, 0.29) is 30.9 Å². The zero-order valence-corrected chi connectivity index (χ0v) is 40.5. The minimum atomic E-state index is -1.86. The minimum absolute atomic E-state index is 0.0760. The van der Waals surface area contributed by atoms with Crippen molar-refractivity contribution in [3.63, 3.8) is 0 Å². The van der Waals surface area contributed by atoms with Crippen LogP contribution < -0.4 is 59.7 Å². The number of phenolic OH excluding ortho intramolecular Hbond substituents is 1. The number of nitrogens with zero attached hydrogens (tertiary/aromatic N) is 1. The van der Waals surface area contributed by atoms with Crippen LogP contribution in [0.1, 0.15) is 84.6 Å². The molecule has 2 aliphatic heterocycles. The van der Waals surface area contributed by atoms with E-state index < -0.39 is 177 Å². The van der Waals surface area contributed by atoms with E-state index in [2.05, 4.69) is 42.5 Å². The first-order chi connectivity index (χ1) is 33.4. The van der Waals surface area contributed by atoms with Gasteiger partial charge in [0.1, 0.15) is 48.4 Å². The number of primary amides is 3. The highest BCUT2D eigenvalue weighted by atomic mass is 19.1. The Morgan fingerprint density at radius 1 is 0.831 bits per heavy atom. The third kappa shape index (κ3) is 19.0. The minimum Gasteiger partial charge on any atom is -0.508 e. The van der Waals surface area contributed by atoms with Gasteiger partial charge in [0.15, 0.2) is 0 Å². The summed E-state index contributed by atoms with van der Waals surface area (Å²) < 4.78 is 21.1. The first kappa shape index (κ1) is 58.4. The van der Waals surface area contributed by atoms with Crippen LogP contribution in [0.5, 0.6) is 5.75 Å². The molecule has 1 aromatic carbocycles. The highest BCUT2D eigenvalue weighted by molar-refractivity contribution is 5.98. The third-order valence-electron chi connectivity index (χ3n) is 11.9.